The van der Waals surface area contributed by atoms with Gasteiger partial charge in [0, 0.05) is 29.9 Å². The number of benzene rings is 2. The van der Waals surface area contributed by atoms with Crippen molar-refractivity contribution in [1.29, 1.82) is 0 Å². The van der Waals surface area contributed by atoms with Crippen molar-refractivity contribution in [3.05, 3.63) is 71.8 Å². The summed E-state index contributed by atoms with van der Waals surface area (Å²) in [5.74, 6) is -1.22. The van der Waals surface area contributed by atoms with Crippen LogP contribution in [0.25, 0.3) is 0 Å². The van der Waals surface area contributed by atoms with Gasteiger partial charge in [-0.1, -0.05) is 53.7 Å². The Morgan fingerprint density at radius 3 is 1.66 bits per heavy atom. The van der Waals surface area contributed by atoms with Gasteiger partial charge in [0.25, 0.3) is 23.6 Å². The molecule has 2 aromatic rings. The number of hydrogen-bond donors (Lipinski definition) is 0. The van der Waals surface area contributed by atoms with Gasteiger partial charge in [-0.2, -0.15) is 0 Å². The Balaban J connectivity index is 1.86. The molecule has 0 bridgehead atoms. The zero-order chi connectivity index (χ0) is 25.7. The first kappa shape index (κ1) is 24.1. The van der Waals surface area contributed by atoms with Crippen molar-refractivity contribution in [1.82, 2.24) is 0 Å². The second kappa shape index (κ2) is 8.34. The van der Waals surface area contributed by atoms with Gasteiger partial charge in [-0.3, -0.25) is 19.2 Å². The van der Waals surface area contributed by atoms with Crippen molar-refractivity contribution in [3.63, 3.8) is 0 Å². The second-order valence-electron chi connectivity index (χ2n) is 10.7. The fourth-order valence-corrected chi connectivity index (χ4v) is 4.01. The molecule has 0 aliphatic carbocycles. The highest BCUT2D eigenvalue weighted by atomic mass is 16.5. The molecule has 35 heavy (non-hydrogen) atoms. The first-order valence-electron chi connectivity index (χ1n) is 11.4. The Morgan fingerprint density at radius 1 is 0.600 bits per heavy atom. The van der Waals surface area contributed by atoms with E-state index in [4.69, 9.17) is 4.74 Å². The summed E-state index contributed by atoms with van der Waals surface area (Å²) in [6.07, 6.45) is 4.70. The molecule has 7 nitrogen and oxygen atoms in total. The molecule has 0 saturated carbocycles. The molecule has 0 spiro atoms. The van der Waals surface area contributed by atoms with Crippen molar-refractivity contribution in [2.75, 3.05) is 9.80 Å². The van der Waals surface area contributed by atoms with Gasteiger partial charge in [0.1, 0.15) is 5.75 Å². The van der Waals surface area contributed by atoms with Crippen LogP contribution in [0.5, 0.6) is 11.5 Å². The van der Waals surface area contributed by atoms with Gasteiger partial charge < -0.3 is 4.74 Å². The van der Waals surface area contributed by atoms with E-state index in [9.17, 15) is 19.2 Å². The Kier molecular flexibility index (Phi) is 5.75. The van der Waals surface area contributed by atoms with Crippen LogP contribution in [-0.2, 0) is 30.0 Å². The van der Waals surface area contributed by atoms with Crippen LogP contribution < -0.4 is 14.5 Å². The molecule has 2 aliphatic rings. The zero-order valence-corrected chi connectivity index (χ0v) is 20.7. The SMILES string of the molecule is CC(C)(C)c1ccc(C(C)(C)C)c(Oc2ccc(N3C(=O)C=CC3=O)cc2N2C(=O)C=CC2=O)c1. The van der Waals surface area contributed by atoms with Crippen molar-refractivity contribution < 1.29 is 23.9 Å². The molecule has 180 valence electrons. The lowest BCUT2D eigenvalue weighted by atomic mass is 9.81. The predicted octanol–water partition coefficient (Wildman–Crippen LogP) is 4.93. The number of ether oxygens (including phenoxy) is 1. The summed E-state index contributed by atoms with van der Waals surface area (Å²) in [5, 5.41) is 0. The van der Waals surface area contributed by atoms with Crippen LogP contribution in [0.3, 0.4) is 0 Å². The van der Waals surface area contributed by atoms with Gasteiger partial charge in [0.2, 0.25) is 0 Å². The number of carbonyl (C=O) groups excluding carboxylic acids is 4. The number of carbonyl (C=O) groups is 4. The van der Waals surface area contributed by atoms with Crippen LogP contribution in [0.2, 0.25) is 0 Å². The average Bonchev–Trinajstić information content (AvgIpc) is 3.27. The highest BCUT2D eigenvalue weighted by Gasteiger charge is 2.32. The Bertz CT molecular complexity index is 1290. The van der Waals surface area contributed by atoms with Crippen molar-refractivity contribution in [2.45, 2.75) is 52.4 Å². The summed E-state index contributed by atoms with van der Waals surface area (Å²) in [7, 11) is 0. The van der Waals surface area contributed by atoms with Gasteiger partial charge in [-0.25, -0.2) is 9.80 Å². The highest BCUT2D eigenvalue weighted by Crippen LogP contribution is 2.42. The van der Waals surface area contributed by atoms with Crippen LogP contribution in [0.15, 0.2) is 60.7 Å². The Morgan fingerprint density at radius 2 is 1.14 bits per heavy atom. The molecule has 0 saturated heterocycles. The van der Waals surface area contributed by atoms with Crippen molar-refractivity contribution in [3.8, 4) is 11.5 Å². The number of amides is 4. The van der Waals surface area contributed by atoms with E-state index in [0.717, 1.165) is 20.9 Å². The van der Waals surface area contributed by atoms with E-state index < -0.39 is 23.6 Å². The molecular formula is C28H28N2O5. The maximum absolute atomic E-state index is 12.6. The minimum absolute atomic E-state index is 0.129. The number of rotatable bonds is 4. The minimum atomic E-state index is -0.534. The Hall–Kier alpha value is -4.00. The number of imide groups is 2. The third-order valence-corrected chi connectivity index (χ3v) is 5.94. The van der Waals surface area contributed by atoms with E-state index in [0.29, 0.717) is 5.75 Å². The number of hydrogen-bond acceptors (Lipinski definition) is 5. The maximum Gasteiger partial charge on any atom is 0.258 e. The molecule has 2 heterocycles. The molecule has 0 N–H and O–H groups in total. The summed E-state index contributed by atoms with van der Waals surface area (Å²) in [6, 6.07) is 10.7. The van der Waals surface area contributed by atoms with Crippen LogP contribution >= 0.6 is 0 Å². The molecule has 7 heteroatoms. The van der Waals surface area contributed by atoms with E-state index in [1.165, 1.54) is 30.4 Å². The molecule has 4 rings (SSSR count). The number of anilines is 2. The van der Waals surface area contributed by atoms with E-state index in [1.807, 2.05) is 12.1 Å². The van der Waals surface area contributed by atoms with E-state index in [-0.39, 0.29) is 28.0 Å². The van der Waals surface area contributed by atoms with Crippen LogP contribution in [0.4, 0.5) is 11.4 Å². The largest absolute Gasteiger partial charge is 0.455 e. The molecule has 0 atom stereocenters. The molecule has 0 radical (unpaired) electrons. The third-order valence-electron chi connectivity index (χ3n) is 5.94. The summed E-state index contributed by atoms with van der Waals surface area (Å²) >= 11 is 0. The van der Waals surface area contributed by atoms with Gasteiger partial charge in [-0.05, 0) is 40.7 Å². The zero-order valence-electron chi connectivity index (χ0n) is 20.7. The maximum atomic E-state index is 12.6. The quantitative estimate of drug-likeness (QED) is 0.589. The lowest BCUT2D eigenvalue weighted by molar-refractivity contribution is -0.121. The lowest BCUT2D eigenvalue weighted by Crippen LogP contribution is -2.32. The minimum Gasteiger partial charge on any atom is -0.455 e. The van der Waals surface area contributed by atoms with Gasteiger partial charge in [0.15, 0.2) is 5.75 Å². The lowest BCUT2D eigenvalue weighted by Gasteiger charge is -2.28. The van der Waals surface area contributed by atoms with Gasteiger partial charge in [0.05, 0.1) is 11.4 Å². The predicted molar refractivity (Wildman–Crippen MR) is 134 cm³/mol. The van der Waals surface area contributed by atoms with Crippen molar-refractivity contribution >= 4 is 35.0 Å². The standard InChI is InChI=1S/C28H28N2O5/c1-27(2,3)17-7-9-19(28(4,5)6)22(15-17)35-21-10-8-18(29-23(31)11-12-24(29)32)16-20(21)30-25(33)13-14-26(30)34/h7-16H,1-6H3. The second-order valence-corrected chi connectivity index (χ2v) is 10.7. The van der Waals surface area contributed by atoms with E-state index >= 15 is 0 Å². The Labute approximate surface area is 204 Å². The topological polar surface area (TPSA) is 84.0 Å². The molecule has 2 aliphatic heterocycles. The monoisotopic (exact) mass is 472 g/mol. The van der Waals surface area contributed by atoms with Crippen LogP contribution in [0.1, 0.15) is 52.7 Å². The van der Waals surface area contributed by atoms with E-state index in [1.54, 1.807) is 12.1 Å². The van der Waals surface area contributed by atoms with Gasteiger partial charge >= 0.3 is 0 Å². The normalized spacial score (nSPS) is 16.2. The molecule has 0 fully saturated rings. The molecular weight excluding hydrogens is 444 g/mol. The molecule has 0 unspecified atom stereocenters. The van der Waals surface area contributed by atoms with Gasteiger partial charge in [-0.15, -0.1) is 0 Å². The van der Waals surface area contributed by atoms with Crippen LogP contribution in [-0.4, -0.2) is 23.6 Å². The summed E-state index contributed by atoms with van der Waals surface area (Å²) in [6.45, 7) is 12.5. The van der Waals surface area contributed by atoms with Crippen LogP contribution in [0, 0.1) is 0 Å². The summed E-state index contributed by atoms with van der Waals surface area (Å²) in [4.78, 5) is 51.6. The molecule has 4 amide bonds. The van der Waals surface area contributed by atoms with E-state index in [2.05, 4.69) is 47.6 Å². The smallest absolute Gasteiger partial charge is 0.258 e. The third kappa shape index (κ3) is 4.54. The summed E-state index contributed by atoms with van der Waals surface area (Å²) in [5.41, 5.74) is 2.03. The molecule has 0 aromatic heterocycles. The fraction of sp³-hybridized carbons (Fsp3) is 0.286. The number of nitrogens with zero attached hydrogens (tertiary/aromatic N) is 2. The average molecular weight is 473 g/mol. The molecule has 2 aromatic carbocycles. The van der Waals surface area contributed by atoms with Crippen molar-refractivity contribution in [2.24, 2.45) is 0 Å². The first-order chi connectivity index (χ1) is 16.3. The fourth-order valence-electron chi connectivity index (χ4n) is 4.01. The highest BCUT2D eigenvalue weighted by molar-refractivity contribution is 6.30. The first-order valence-corrected chi connectivity index (χ1v) is 11.4. The summed E-state index contributed by atoms with van der Waals surface area (Å²) < 4.78 is 6.41.